The first kappa shape index (κ1) is 17.2. The molecule has 1 aromatic heterocycles. The van der Waals surface area contributed by atoms with E-state index in [1.807, 2.05) is 12.3 Å². The average Bonchev–Trinajstić information content (AvgIpc) is 2.50. The Kier molecular flexibility index (Phi) is 10.2. The number of hydrogen-bond donors (Lipinski definition) is 1. The quantitative estimate of drug-likeness (QED) is 0.526. The molecule has 0 aliphatic carbocycles. The van der Waals surface area contributed by atoms with E-state index in [1.54, 1.807) is 0 Å². The average molecular weight is 276 g/mol. The molecule has 1 atom stereocenters. The van der Waals surface area contributed by atoms with Crippen LogP contribution in [-0.2, 0) is 0 Å². The van der Waals surface area contributed by atoms with Crippen molar-refractivity contribution in [1.29, 1.82) is 0 Å². The molecular weight excluding hydrogens is 244 g/mol. The van der Waals surface area contributed by atoms with Gasteiger partial charge < -0.3 is 5.32 Å². The maximum Gasteiger partial charge on any atom is 0.0573 e. The van der Waals surface area contributed by atoms with Crippen molar-refractivity contribution in [1.82, 2.24) is 10.3 Å². The predicted octanol–water partition coefficient (Wildman–Crippen LogP) is 5.26. The molecule has 20 heavy (non-hydrogen) atoms. The first-order valence-corrected chi connectivity index (χ1v) is 8.52. The van der Waals surface area contributed by atoms with Crippen molar-refractivity contribution in [2.75, 3.05) is 6.54 Å². The molecule has 0 radical (unpaired) electrons. The Labute approximate surface area is 125 Å². The fourth-order valence-electron chi connectivity index (χ4n) is 2.56. The third-order valence-electron chi connectivity index (χ3n) is 3.78. The molecule has 0 aliphatic heterocycles. The zero-order valence-corrected chi connectivity index (χ0v) is 13.4. The van der Waals surface area contributed by atoms with Gasteiger partial charge in [0.25, 0.3) is 0 Å². The second-order valence-corrected chi connectivity index (χ2v) is 5.67. The monoisotopic (exact) mass is 276 g/mol. The molecule has 0 amide bonds. The lowest BCUT2D eigenvalue weighted by Gasteiger charge is -2.17. The lowest BCUT2D eigenvalue weighted by molar-refractivity contribution is 0.458. The van der Waals surface area contributed by atoms with Crippen LogP contribution in [0.1, 0.15) is 83.4 Å². The zero-order valence-electron chi connectivity index (χ0n) is 13.4. The summed E-state index contributed by atoms with van der Waals surface area (Å²) >= 11 is 0. The van der Waals surface area contributed by atoms with E-state index in [9.17, 15) is 0 Å². The standard InChI is InChI=1S/C18H32N2/c1-3-5-6-7-8-9-10-13-17(19-15-4-2)18-14-11-12-16-20-18/h11-12,14,16-17,19H,3-10,13,15H2,1-2H3. The molecule has 2 nitrogen and oxygen atoms in total. The normalized spacial score (nSPS) is 12.5. The molecular formula is C18H32N2. The molecule has 0 aliphatic rings. The summed E-state index contributed by atoms with van der Waals surface area (Å²) in [5, 5.41) is 3.63. The number of hydrogen-bond acceptors (Lipinski definition) is 2. The third kappa shape index (κ3) is 7.64. The molecule has 1 rings (SSSR count). The Morgan fingerprint density at radius 2 is 1.70 bits per heavy atom. The van der Waals surface area contributed by atoms with Gasteiger partial charge in [-0.3, -0.25) is 4.98 Å². The molecule has 1 heterocycles. The summed E-state index contributed by atoms with van der Waals surface area (Å²) in [6.07, 6.45) is 13.9. The number of rotatable bonds is 12. The van der Waals surface area contributed by atoms with Gasteiger partial charge in [-0.15, -0.1) is 0 Å². The van der Waals surface area contributed by atoms with E-state index in [0.717, 1.165) is 6.54 Å². The van der Waals surface area contributed by atoms with Gasteiger partial charge in [-0.25, -0.2) is 0 Å². The maximum absolute atomic E-state index is 4.51. The second kappa shape index (κ2) is 11.9. The van der Waals surface area contributed by atoms with Crippen molar-refractivity contribution < 1.29 is 0 Å². The van der Waals surface area contributed by atoms with Crippen molar-refractivity contribution in [3.8, 4) is 0 Å². The van der Waals surface area contributed by atoms with Gasteiger partial charge in [0.15, 0.2) is 0 Å². The van der Waals surface area contributed by atoms with Gasteiger partial charge in [0.1, 0.15) is 0 Å². The van der Waals surface area contributed by atoms with E-state index in [-0.39, 0.29) is 0 Å². The second-order valence-electron chi connectivity index (χ2n) is 5.67. The molecule has 1 aromatic rings. The van der Waals surface area contributed by atoms with Gasteiger partial charge in [-0.2, -0.15) is 0 Å². The molecule has 0 aromatic carbocycles. The highest BCUT2D eigenvalue weighted by molar-refractivity contribution is 5.08. The summed E-state index contributed by atoms with van der Waals surface area (Å²) in [5.74, 6) is 0. The van der Waals surface area contributed by atoms with Crippen LogP contribution in [0.5, 0.6) is 0 Å². The van der Waals surface area contributed by atoms with E-state index in [2.05, 4.69) is 36.3 Å². The largest absolute Gasteiger partial charge is 0.309 e. The fraction of sp³-hybridized carbons (Fsp3) is 0.722. The zero-order chi connectivity index (χ0) is 14.5. The first-order chi connectivity index (χ1) is 9.88. The summed E-state index contributed by atoms with van der Waals surface area (Å²) in [6.45, 7) is 5.57. The van der Waals surface area contributed by atoms with Crippen molar-refractivity contribution in [3.05, 3.63) is 30.1 Å². The minimum Gasteiger partial charge on any atom is -0.309 e. The van der Waals surface area contributed by atoms with Crippen LogP contribution in [0.2, 0.25) is 0 Å². The van der Waals surface area contributed by atoms with Gasteiger partial charge in [0.05, 0.1) is 5.69 Å². The van der Waals surface area contributed by atoms with E-state index >= 15 is 0 Å². The van der Waals surface area contributed by atoms with Crippen LogP contribution in [0.4, 0.5) is 0 Å². The van der Waals surface area contributed by atoms with Crippen molar-refractivity contribution in [2.45, 2.75) is 77.7 Å². The van der Waals surface area contributed by atoms with Gasteiger partial charge in [-0.1, -0.05) is 64.9 Å². The number of unbranched alkanes of at least 4 members (excludes halogenated alkanes) is 6. The molecule has 2 heteroatoms. The van der Waals surface area contributed by atoms with Crippen LogP contribution < -0.4 is 5.32 Å². The summed E-state index contributed by atoms with van der Waals surface area (Å²) in [7, 11) is 0. The first-order valence-electron chi connectivity index (χ1n) is 8.52. The lowest BCUT2D eigenvalue weighted by Crippen LogP contribution is -2.23. The summed E-state index contributed by atoms with van der Waals surface area (Å²) in [6, 6.07) is 6.67. The van der Waals surface area contributed by atoms with Crippen LogP contribution in [0.25, 0.3) is 0 Å². The Hall–Kier alpha value is -0.890. The Morgan fingerprint density at radius 1 is 0.950 bits per heavy atom. The maximum atomic E-state index is 4.51. The van der Waals surface area contributed by atoms with Crippen LogP contribution >= 0.6 is 0 Å². The van der Waals surface area contributed by atoms with Crippen LogP contribution in [0.3, 0.4) is 0 Å². The van der Waals surface area contributed by atoms with E-state index in [0.29, 0.717) is 6.04 Å². The topological polar surface area (TPSA) is 24.9 Å². The van der Waals surface area contributed by atoms with Crippen LogP contribution in [0, 0.1) is 0 Å². The van der Waals surface area contributed by atoms with Gasteiger partial charge in [0.2, 0.25) is 0 Å². The number of aromatic nitrogens is 1. The van der Waals surface area contributed by atoms with Crippen molar-refractivity contribution in [3.63, 3.8) is 0 Å². The summed E-state index contributed by atoms with van der Waals surface area (Å²) in [5.41, 5.74) is 1.20. The highest BCUT2D eigenvalue weighted by Crippen LogP contribution is 2.18. The molecule has 0 spiro atoms. The molecule has 1 N–H and O–H groups in total. The van der Waals surface area contributed by atoms with Gasteiger partial charge in [-0.05, 0) is 31.5 Å². The molecule has 1 unspecified atom stereocenters. The van der Waals surface area contributed by atoms with Crippen LogP contribution in [0.15, 0.2) is 24.4 Å². The van der Waals surface area contributed by atoms with E-state index < -0.39 is 0 Å². The van der Waals surface area contributed by atoms with Gasteiger partial charge in [0, 0.05) is 12.2 Å². The van der Waals surface area contributed by atoms with Crippen molar-refractivity contribution in [2.24, 2.45) is 0 Å². The van der Waals surface area contributed by atoms with E-state index in [4.69, 9.17) is 0 Å². The Morgan fingerprint density at radius 3 is 2.35 bits per heavy atom. The number of nitrogens with one attached hydrogen (secondary N) is 1. The fourth-order valence-corrected chi connectivity index (χ4v) is 2.56. The Balaban J connectivity index is 2.24. The van der Waals surface area contributed by atoms with Crippen molar-refractivity contribution >= 4 is 0 Å². The molecule has 0 saturated carbocycles. The summed E-state index contributed by atoms with van der Waals surface area (Å²) in [4.78, 5) is 4.51. The van der Waals surface area contributed by atoms with E-state index in [1.165, 1.54) is 63.5 Å². The highest BCUT2D eigenvalue weighted by atomic mass is 14.9. The molecule has 0 fully saturated rings. The number of nitrogens with zero attached hydrogens (tertiary/aromatic N) is 1. The lowest BCUT2D eigenvalue weighted by atomic mass is 10.0. The predicted molar refractivity (Wildman–Crippen MR) is 87.9 cm³/mol. The molecule has 0 saturated heterocycles. The van der Waals surface area contributed by atoms with Gasteiger partial charge >= 0.3 is 0 Å². The SMILES string of the molecule is CCCCCCCCCC(NCCC)c1ccccn1. The minimum absolute atomic E-state index is 0.437. The van der Waals surface area contributed by atoms with Crippen LogP contribution in [-0.4, -0.2) is 11.5 Å². The summed E-state index contributed by atoms with van der Waals surface area (Å²) < 4.78 is 0. The minimum atomic E-state index is 0.437. The number of pyridine rings is 1. The highest BCUT2D eigenvalue weighted by Gasteiger charge is 2.10. The Bertz CT molecular complexity index is 310. The molecule has 0 bridgehead atoms. The molecule has 114 valence electrons. The third-order valence-corrected chi connectivity index (χ3v) is 3.78. The smallest absolute Gasteiger partial charge is 0.0573 e.